The van der Waals surface area contributed by atoms with Gasteiger partial charge in [0.05, 0.1) is 6.10 Å². The number of nitrogens with zero attached hydrogens (tertiary/aromatic N) is 1. The number of benzene rings is 1. The molecule has 1 saturated heterocycles. The molecule has 1 aliphatic heterocycles. The normalized spacial score (nSPS) is 21.7. The molecule has 0 amide bonds. The summed E-state index contributed by atoms with van der Waals surface area (Å²) < 4.78 is 13.2. The molecule has 0 bridgehead atoms. The lowest BCUT2D eigenvalue weighted by molar-refractivity contribution is 0.0667. The van der Waals surface area contributed by atoms with Crippen LogP contribution in [0.5, 0.6) is 0 Å². The molecule has 0 saturated carbocycles. The van der Waals surface area contributed by atoms with Gasteiger partial charge in [-0.3, -0.25) is 4.90 Å². The largest absolute Gasteiger partial charge is 0.392 e. The number of halogens is 1. The highest BCUT2D eigenvalue weighted by atomic mass is 19.1. The standard InChI is InChI=1S/C13H19FN2O/c14-12-4-3-10(7-15)11(6-12)8-16-5-1-2-13(17)9-16/h3-4,6,13,17H,1-2,5,7-9,15H2. The van der Waals surface area contributed by atoms with Crippen molar-refractivity contribution in [2.75, 3.05) is 13.1 Å². The van der Waals surface area contributed by atoms with Crippen LogP contribution in [0.15, 0.2) is 18.2 Å². The van der Waals surface area contributed by atoms with Crippen molar-refractivity contribution in [1.29, 1.82) is 0 Å². The van der Waals surface area contributed by atoms with Gasteiger partial charge in [-0.1, -0.05) is 6.07 Å². The molecule has 94 valence electrons. The molecule has 0 spiro atoms. The van der Waals surface area contributed by atoms with Crippen LogP contribution in [-0.4, -0.2) is 29.2 Å². The minimum absolute atomic E-state index is 0.227. The van der Waals surface area contributed by atoms with E-state index in [0.717, 1.165) is 30.5 Å². The molecular formula is C13H19FN2O. The molecule has 1 aromatic carbocycles. The molecule has 2 rings (SSSR count). The van der Waals surface area contributed by atoms with E-state index < -0.39 is 0 Å². The van der Waals surface area contributed by atoms with Crippen LogP contribution >= 0.6 is 0 Å². The smallest absolute Gasteiger partial charge is 0.123 e. The van der Waals surface area contributed by atoms with Crippen molar-refractivity contribution in [3.05, 3.63) is 35.1 Å². The lowest BCUT2D eigenvalue weighted by Gasteiger charge is -2.30. The predicted octanol–water partition coefficient (Wildman–Crippen LogP) is 1.24. The maximum absolute atomic E-state index is 13.2. The highest BCUT2D eigenvalue weighted by Crippen LogP contribution is 2.17. The Kier molecular flexibility index (Phi) is 4.10. The van der Waals surface area contributed by atoms with Gasteiger partial charge >= 0.3 is 0 Å². The van der Waals surface area contributed by atoms with Gasteiger partial charge in [-0.25, -0.2) is 4.39 Å². The van der Waals surface area contributed by atoms with Crippen molar-refractivity contribution < 1.29 is 9.50 Å². The highest BCUT2D eigenvalue weighted by Gasteiger charge is 2.18. The molecule has 1 atom stereocenters. The summed E-state index contributed by atoms with van der Waals surface area (Å²) in [4.78, 5) is 2.15. The van der Waals surface area contributed by atoms with Gasteiger partial charge in [-0.15, -0.1) is 0 Å². The van der Waals surface area contributed by atoms with E-state index in [9.17, 15) is 9.50 Å². The van der Waals surface area contributed by atoms with E-state index in [1.54, 1.807) is 12.1 Å². The van der Waals surface area contributed by atoms with Crippen molar-refractivity contribution in [2.24, 2.45) is 5.73 Å². The molecule has 1 fully saturated rings. The number of aliphatic hydroxyl groups is 1. The summed E-state index contributed by atoms with van der Waals surface area (Å²) in [6.07, 6.45) is 1.61. The molecule has 4 heteroatoms. The van der Waals surface area contributed by atoms with E-state index in [2.05, 4.69) is 4.90 Å². The van der Waals surface area contributed by atoms with E-state index in [1.165, 1.54) is 6.07 Å². The van der Waals surface area contributed by atoms with Crippen molar-refractivity contribution in [1.82, 2.24) is 4.90 Å². The summed E-state index contributed by atoms with van der Waals surface area (Å²) in [5.41, 5.74) is 7.55. The van der Waals surface area contributed by atoms with Crippen LogP contribution in [0.2, 0.25) is 0 Å². The van der Waals surface area contributed by atoms with Crippen molar-refractivity contribution >= 4 is 0 Å². The van der Waals surface area contributed by atoms with E-state index >= 15 is 0 Å². The lowest BCUT2D eigenvalue weighted by atomic mass is 10.0. The summed E-state index contributed by atoms with van der Waals surface area (Å²) in [5, 5.41) is 9.60. The first kappa shape index (κ1) is 12.5. The van der Waals surface area contributed by atoms with Crippen LogP contribution in [0.25, 0.3) is 0 Å². The van der Waals surface area contributed by atoms with Gasteiger partial charge in [0.2, 0.25) is 0 Å². The fraction of sp³-hybridized carbons (Fsp3) is 0.538. The average molecular weight is 238 g/mol. The minimum Gasteiger partial charge on any atom is -0.392 e. The number of rotatable bonds is 3. The zero-order chi connectivity index (χ0) is 12.3. The fourth-order valence-corrected chi connectivity index (χ4v) is 2.36. The molecular weight excluding hydrogens is 219 g/mol. The molecule has 0 aliphatic carbocycles. The molecule has 1 unspecified atom stereocenters. The number of nitrogens with two attached hydrogens (primary N) is 1. The first-order valence-corrected chi connectivity index (χ1v) is 6.07. The van der Waals surface area contributed by atoms with Crippen molar-refractivity contribution in [3.8, 4) is 0 Å². The topological polar surface area (TPSA) is 49.5 Å². The second-order valence-electron chi connectivity index (χ2n) is 4.65. The van der Waals surface area contributed by atoms with Gasteiger partial charge in [0.1, 0.15) is 5.82 Å². The van der Waals surface area contributed by atoms with Crippen LogP contribution < -0.4 is 5.73 Å². The Bertz CT molecular complexity index is 384. The summed E-state index contributed by atoms with van der Waals surface area (Å²) >= 11 is 0. The Labute approximate surface area is 101 Å². The number of hydrogen-bond donors (Lipinski definition) is 2. The first-order valence-electron chi connectivity index (χ1n) is 6.07. The molecule has 17 heavy (non-hydrogen) atoms. The molecule has 1 aromatic rings. The second-order valence-corrected chi connectivity index (χ2v) is 4.65. The van der Waals surface area contributed by atoms with Crippen molar-refractivity contribution in [2.45, 2.75) is 32.0 Å². The third-order valence-corrected chi connectivity index (χ3v) is 3.26. The third-order valence-electron chi connectivity index (χ3n) is 3.26. The molecule has 0 radical (unpaired) electrons. The fourth-order valence-electron chi connectivity index (χ4n) is 2.36. The number of β-amino-alcohol motifs (C(OH)–C–C–N with tert-alkyl or cyclic N) is 1. The highest BCUT2D eigenvalue weighted by molar-refractivity contribution is 5.27. The van der Waals surface area contributed by atoms with Gasteiger partial charge in [0, 0.05) is 19.6 Å². The van der Waals surface area contributed by atoms with E-state index in [1.807, 2.05) is 0 Å². The second kappa shape index (κ2) is 5.58. The maximum Gasteiger partial charge on any atom is 0.123 e. The van der Waals surface area contributed by atoms with E-state index in [4.69, 9.17) is 5.73 Å². The molecule has 1 aliphatic rings. The minimum atomic E-state index is -0.251. The predicted molar refractivity (Wildman–Crippen MR) is 64.8 cm³/mol. The summed E-state index contributed by atoms with van der Waals surface area (Å²) in [6.45, 7) is 2.71. The van der Waals surface area contributed by atoms with Crippen LogP contribution in [0, 0.1) is 5.82 Å². The Balaban J connectivity index is 2.08. The maximum atomic E-state index is 13.2. The van der Waals surface area contributed by atoms with Gasteiger partial charge < -0.3 is 10.8 Å². The molecule has 3 nitrogen and oxygen atoms in total. The zero-order valence-corrected chi connectivity index (χ0v) is 9.90. The summed E-state index contributed by atoms with van der Waals surface area (Å²) in [7, 11) is 0. The average Bonchev–Trinajstić information content (AvgIpc) is 2.29. The SMILES string of the molecule is NCc1ccc(F)cc1CN1CCCC(O)C1. The summed E-state index contributed by atoms with van der Waals surface area (Å²) in [6, 6.07) is 4.73. The lowest BCUT2D eigenvalue weighted by Crippen LogP contribution is -2.37. The van der Waals surface area contributed by atoms with Crippen molar-refractivity contribution in [3.63, 3.8) is 0 Å². The van der Waals surface area contributed by atoms with Crippen LogP contribution in [0.3, 0.4) is 0 Å². The van der Waals surface area contributed by atoms with Gasteiger partial charge in [0.25, 0.3) is 0 Å². The Hall–Kier alpha value is -0.970. The summed E-state index contributed by atoms with van der Waals surface area (Å²) in [5.74, 6) is -0.227. The van der Waals surface area contributed by atoms with Gasteiger partial charge in [-0.05, 0) is 42.6 Å². The number of likely N-dealkylation sites (tertiary alicyclic amines) is 1. The van der Waals surface area contributed by atoms with Crippen LogP contribution in [-0.2, 0) is 13.1 Å². The van der Waals surface area contributed by atoms with Crippen LogP contribution in [0.1, 0.15) is 24.0 Å². The Morgan fingerprint density at radius 3 is 2.94 bits per heavy atom. The molecule has 3 N–H and O–H groups in total. The number of piperidine rings is 1. The van der Waals surface area contributed by atoms with Gasteiger partial charge in [0.15, 0.2) is 0 Å². The first-order chi connectivity index (χ1) is 8.19. The quantitative estimate of drug-likeness (QED) is 0.833. The number of aliphatic hydroxyl groups excluding tert-OH is 1. The third kappa shape index (κ3) is 3.25. The Morgan fingerprint density at radius 1 is 1.41 bits per heavy atom. The van der Waals surface area contributed by atoms with E-state index in [0.29, 0.717) is 19.6 Å². The Morgan fingerprint density at radius 2 is 2.24 bits per heavy atom. The monoisotopic (exact) mass is 238 g/mol. The van der Waals surface area contributed by atoms with E-state index in [-0.39, 0.29) is 11.9 Å². The molecule has 1 heterocycles. The molecule has 0 aromatic heterocycles. The van der Waals surface area contributed by atoms with Crippen LogP contribution in [0.4, 0.5) is 4.39 Å². The van der Waals surface area contributed by atoms with Gasteiger partial charge in [-0.2, -0.15) is 0 Å². The number of hydrogen-bond acceptors (Lipinski definition) is 3. The zero-order valence-electron chi connectivity index (χ0n) is 9.90.